The van der Waals surface area contributed by atoms with Gasteiger partial charge in [-0.15, -0.1) is 0 Å². The number of fused-ring (bicyclic) bond motifs is 1. The van der Waals surface area contributed by atoms with Gasteiger partial charge < -0.3 is 9.72 Å². The Morgan fingerprint density at radius 2 is 2.31 bits per heavy atom. The van der Waals surface area contributed by atoms with Crippen molar-refractivity contribution >= 4 is 22.8 Å². The topological polar surface area (TPSA) is 63.7 Å². The van der Waals surface area contributed by atoms with Crippen LogP contribution < -0.4 is 4.74 Å². The van der Waals surface area contributed by atoms with Crippen molar-refractivity contribution in [3.8, 4) is 5.88 Å². The Bertz CT molecular complexity index is 508. The van der Waals surface area contributed by atoms with Gasteiger partial charge in [0.25, 0.3) is 0 Å². The van der Waals surface area contributed by atoms with Gasteiger partial charge in [-0.2, -0.15) is 9.97 Å². The molecule has 0 radical (unpaired) electrons. The second-order valence-corrected chi connectivity index (χ2v) is 4.32. The van der Waals surface area contributed by atoms with Crippen LogP contribution in [0.15, 0.2) is 6.33 Å². The van der Waals surface area contributed by atoms with E-state index >= 15 is 0 Å². The van der Waals surface area contributed by atoms with E-state index in [1.165, 1.54) is 12.8 Å². The van der Waals surface area contributed by atoms with E-state index in [0.717, 1.165) is 12.3 Å². The number of rotatable bonds is 4. The molecule has 6 heteroatoms. The molecule has 0 aliphatic heterocycles. The largest absolute Gasteiger partial charge is 0.476 e. The molecule has 1 aliphatic carbocycles. The molecule has 0 saturated heterocycles. The van der Waals surface area contributed by atoms with Gasteiger partial charge in [-0.3, -0.25) is 0 Å². The van der Waals surface area contributed by atoms with E-state index in [2.05, 4.69) is 19.9 Å². The van der Waals surface area contributed by atoms with Crippen molar-refractivity contribution in [1.29, 1.82) is 0 Å². The number of ether oxygens (including phenoxy) is 1. The molecule has 2 aromatic rings. The van der Waals surface area contributed by atoms with Crippen molar-refractivity contribution in [2.24, 2.45) is 5.92 Å². The van der Waals surface area contributed by atoms with Crippen molar-refractivity contribution in [2.75, 3.05) is 6.61 Å². The summed E-state index contributed by atoms with van der Waals surface area (Å²) in [5.74, 6) is 1.34. The van der Waals surface area contributed by atoms with E-state index in [0.29, 0.717) is 23.7 Å². The van der Waals surface area contributed by atoms with Crippen LogP contribution in [0, 0.1) is 5.92 Å². The summed E-state index contributed by atoms with van der Waals surface area (Å²) in [6, 6.07) is 0. The van der Waals surface area contributed by atoms with Gasteiger partial charge in [0.15, 0.2) is 5.65 Å². The highest BCUT2D eigenvalue weighted by Crippen LogP contribution is 2.32. The first-order valence-corrected chi connectivity index (χ1v) is 5.70. The Balaban J connectivity index is 1.80. The van der Waals surface area contributed by atoms with Crippen LogP contribution in [-0.2, 0) is 0 Å². The number of H-pyrrole nitrogens is 1. The maximum absolute atomic E-state index is 5.78. The molecule has 1 fully saturated rings. The van der Waals surface area contributed by atoms with Crippen molar-refractivity contribution in [3.63, 3.8) is 0 Å². The summed E-state index contributed by atoms with van der Waals surface area (Å²) in [4.78, 5) is 15.0. The summed E-state index contributed by atoms with van der Waals surface area (Å²) in [6.07, 6.45) is 5.29. The molecule has 0 amide bonds. The maximum Gasteiger partial charge on any atom is 0.244 e. The third-order valence-corrected chi connectivity index (χ3v) is 2.86. The van der Waals surface area contributed by atoms with Gasteiger partial charge in [0, 0.05) is 0 Å². The first-order valence-electron chi connectivity index (χ1n) is 5.32. The molecule has 0 aromatic carbocycles. The Hall–Kier alpha value is -1.36. The predicted octanol–water partition coefficient (Wildman–Crippen LogP) is 2.19. The molecule has 16 heavy (non-hydrogen) atoms. The number of nitrogens with one attached hydrogen (secondary N) is 1. The lowest BCUT2D eigenvalue weighted by molar-refractivity contribution is 0.294. The minimum Gasteiger partial charge on any atom is -0.476 e. The monoisotopic (exact) mass is 238 g/mol. The maximum atomic E-state index is 5.78. The van der Waals surface area contributed by atoms with Crippen molar-refractivity contribution < 1.29 is 4.74 Å². The lowest BCUT2D eigenvalue weighted by Crippen LogP contribution is -2.01. The predicted molar refractivity (Wildman–Crippen MR) is 59.5 cm³/mol. The van der Waals surface area contributed by atoms with Crippen LogP contribution in [0.2, 0.25) is 5.28 Å². The van der Waals surface area contributed by atoms with Gasteiger partial charge in [-0.1, -0.05) is 12.8 Å². The van der Waals surface area contributed by atoms with Crippen LogP contribution in [0.3, 0.4) is 0 Å². The van der Waals surface area contributed by atoms with E-state index in [9.17, 15) is 0 Å². The van der Waals surface area contributed by atoms with Crippen LogP contribution in [0.4, 0.5) is 0 Å². The highest BCUT2D eigenvalue weighted by atomic mass is 35.5. The van der Waals surface area contributed by atoms with E-state index in [-0.39, 0.29) is 5.28 Å². The van der Waals surface area contributed by atoms with Gasteiger partial charge in [0.05, 0.1) is 12.9 Å². The number of aromatic amines is 1. The fraction of sp³-hybridized carbons (Fsp3) is 0.500. The number of nitrogens with zero attached hydrogens (tertiary/aromatic N) is 3. The van der Waals surface area contributed by atoms with Crippen LogP contribution in [0.5, 0.6) is 5.88 Å². The second kappa shape index (κ2) is 3.90. The quantitative estimate of drug-likeness (QED) is 0.830. The molecule has 1 aliphatic rings. The molecule has 2 heterocycles. The fourth-order valence-electron chi connectivity index (χ4n) is 1.61. The summed E-state index contributed by atoms with van der Waals surface area (Å²) in [6.45, 7) is 0.673. The smallest absolute Gasteiger partial charge is 0.244 e. The van der Waals surface area contributed by atoms with Gasteiger partial charge in [0.2, 0.25) is 11.2 Å². The minimum atomic E-state index is 0.168. The Morgan fingerprint density at radius 3 is 3.12 bits per heavy atom. The Kier molecular flexibility index (Phi) is 2.40. The van der Waals surface area contributed by atoms with Crippen LogP contribution >= 0.6 is 11.6 Å². The molecule has 0 unspecified atom stereocenters. The Labute approximate surface area is 97.2 Å². The molecule has 0 atom stereocenters. The molecule has 3 rings (SSSR count). The first-order chi connectivity index (χ1) is 7.83. The van der Waals surface area contributed by atoms with Crippen LogP contribution in [-0.4, -0.2) is 26.5 Å². The number of imidazole rings is 1. The number of hydrogen-bond donors (Lipinski definition) is 1. The van der Waals surface area contributed by atoms with Gasteiger partial charge in [-0.05, 0) is 23.9 Å². The summed E-state index contributed by atoms with van der Waals surface area (Å²) >= 11 is 5.78. The van der Waals surface area contributed by atoms with E-state index < -0.39 is 0 Å². The average Bonchev–Trinajstić information content (AvgIpc) is 2.95. The van der Waals surface area contributed by atoms with Crippen molar-refractivity contribution in [2.45, 2.75) is 19.3 Å². The molecule has 84 valence electrons. The molecule has 0 bridgehead atoms. The number of halogens is 1. The van der Waals surface area contributed by atoms with E-state index in [1.54, 1.807) is 6.33 Å². The van der Waals surface area contributed by atoms with Gasteiger partial charge in [0.1, 0.15) is 5.52 Å². The zero-order chi connectivity index (χ0) is 11.0. The molecule has 1 N–H and O–H groups in total. The van der Waals surface area contributed by atoms with E-state index in [1.807, 2.05) is 0 Å². The SMILES string of the molecule is Clc1nc(OCCC2CC2)c2[nH]cnc2n1. The highest BCUT2D eigenvalue weighted by molar-refractivity contribution is 6.28. The molecule has 0 spiro atoms. The van der Waals surface area contributed by atoms with E-state index in [4.69, 9.17) is 16.3 Å². The summed E-state index contributed by atoms with van der Waals surface area (Å²) < 4.78 is 5.60. The van der Waals surface area contributed by atoms with Crippen molar-refractivity contribution in [1.82, 2.24) is 19.9 Å². The molecule has 2 aromatic heterocycles. The molecular weight excluding hydrogens is 228 g/mol. The standard InChI is InChI=1S/C10H11ClN4O/c11-10-14-8-7(12-5-13-8)9(15-10)16-4-3-6-1-2-6/h5-6H,1-4H2,(H,12,13,14,15). The Morgan fingerprint density at radius 1 is 1.44 bits per heavy atom. The van der Waals surface area contributed by atoms with Crippen molar-refractivity contribution in [3.05, 3.63) is 11.6 Å². The normalized spacial score (nSPS) is 15.6. The first kappa shape index (κ1) is 9.84. The average molecular weight is 239 g/mol. The lowest BCUT2D eigenvalue weighted by Gasteiger charge is -2.05. The third kappa shape index (κ3) is 1.95. The van der Waals surface area contributed by atoms with Gasteiger partial charge >= 0.3 is 0 Å². The zero-order valence-electron chi connectivity index (χ0n) is 8.61. The minimum absolute atomic E-state index is 0.168. The highest BCUT2D eigenvalue weighted by Gasteiger charge is 2.21. The zero-order valence-corrected chi connectivity index (χ0v) is 9.37. The fourth-order valence-corrected chi connectivity index (χ4v) is 1.77. The lowest BCUT2D eigenvalue weighted by atomic mass is 10.3. The number of hydrogen-bond acceptors (Lipinski definition) is 4. The van der Waals surface area contributed by atoms with Gasteiger partial charge in [-0.25, -0.2) is 4.98 Å². The summed E-state index contributed by atoms with van der Waals surface area (Å²) in [5.41, 5.74) is 1.25. The summed E-state index contributed by atoms with van der Waals surface area (Å²) in [7, 11) is 0. The summed E-state index contributed by atoms with van der Waals surface area (Å²) in [5, 5.41) is 0.168. The molecule has 1 saturated carbocycles. The number of aromatic nitrogens is 4. The molecular formula is C10H11ClN4O. The van der Waals surface area contributed by atoms with Crippen LogP contribution in [0.1, 0.15) is 19.3 Å². The second-order valence-electron chi connectivity index (χ2n) is 3.98. The van der Waals surface area contributed by atoms with Crippen LogP contribution in [0.25, 0.3) is 11.2 Å². The molecule has 5 nitrogen and oxygen atoms in total. The third-order valence-electron chi connectivity index (χ3n) is 2.69.